The number of ether oxygens (including phenoxy) is 1. The smallest absolute Gasteiger partial charge is 0.179 e. The van der Waals surface area contributed by atoms with E-state index < -0.39 is 0 Å². The molecule has 1 aromatic rings. The SMILES string of the molecule is c1ncc2c(n1)NCCO2. The molecule has 2 heterocycles. The van der Waals surface area contributed by atoms with Crippen LogP contribution in [0.4, 0.5) is 5.82 Å². The second kappa shape index (κ2) is 2.13. The Hall–Kier alpha value is -1.32. The highest BCUT2D eigenvalue weighted by Gasteiger charge is 2.08. The van der Waals surface area contributed by atoms with Crippen molar-refractivity contribution in [2.45, 2.75) is 0 Å². The second-order valence-corrected chi connectivity index (χ2v) is 2.01. The molecule has 10 heavy (non-hydrogen) atoms. The van der Waals surface area contributed by atoms with Crippen LogP contribution in [0, 0.1) is 0 Å². The number of hydrogen-bond donors (Lipinski definition) is 1. The first kappa shape index (κ1) is 5.46. The van der Waals surface area contributed by atoms with Gasteiger partial charge in [0, 0.05) is 0 Å². The molecule has 0 bridgehead atoms. The van der Waals surface area contributed by atoms with Gasteiger partial charge in [-0.3, -0.25) is 0 Å². The summed E-state index contributed by atoms with van der Waals surface area (Å²) in [6.07, 6.45) is 3.16. The third-order valence-corrected chi connectivity index (χ3v) is 1.33. The van der Waals surface area contributed by atoms with Crippen LogP contribution in [0.15, 0.2) is 12.5 Å². The minimum atomic E-state index is 0.695. The Labute approximate surface area is 58.3 Å². The zero-order valence-corrected chi connectivity index (χ0v) is 5.37. The molecule has 0 saturated carbocycles. The van der Waals surface area contributed by atoms with Crippen LogP contribution < -0.4 is 10.1 Å². The lowest BCUT2D eigenvalue weighted by molar-refractivity contribution is 0.320. The Balaban J connectivity index is 2.41. The molecule has 0 fully saturated rings. The molecule has 1 N–H and O–H groups in total. The fourth-order valence-electron chi connectivity index (χ4n) is 0.886. The van der Waals surface area contributed by atoms with Crippen LogP contribution in [0.25, 0.3) is 0 Å². The zero-order valence-electron chi connectivity index (χ0n) is 5.37. The molecule has 2 rings (SSSR count). The van der Waals surface area contributed by atoms with Gasteiger partial charge in [-0.1, -0.05) is 0 Å². The number of hydrogen-bond acceptors (Lipinski definition) is 4. The normalized spacial score (nSPS) is 14.8. The average Bonchev–Trinajstić information content (AvgIpc) is 2.05. The van der Waals surface area contributed by atoms with Crippen molar-refractivity contribution in [2.75, 3.05) is 18.5 Å². The first-order chi connectivity index (χ1) is 4.97. The zero-order chi connectivity index (χ0) is 6.81. The van der Waals surface area contributed by atoms with E-state index in [0.29, 0.717) is 6.61 Å². The maximum absolute atomic E-state index is 5.24. The van der Waals surface area contributed by atoms with Gasteiger partial charge in [0.25, 0.3) is 0 Å². The van der Waals surface area contributed by atoms with Crippen LogP contribution in [0.5, 0.6) is 5.75 Å². The second-order valence-electron chi connectivity index (χ2n) is 2.01. The molecular weight excluding hydrogens is 130 g/mol. The summed E-state index contributed by atoms with van der Waals surface area (Å²) >= 11 is 0. The van der Waals surface area contributed by atoms with E-state index in [4.69, 9.17) is 4.74 Å². The standard InChI is InChI=1S/C6H7N3O/c1-2-10-5-3-7-4-9-6(5)8-1/h3-4H,1-2H2,(H,7,8,9). The Morgan fingerprint density at radius 2 is 2.60 bits per heavy atom. The molecule has 0 radical (unpaired) electrons. The number of anilines is 1. The summed E-state index contributed by atoms with van der Waals surface area (Å²) in [7, 11) is 0. The van der Waals surface area contributed by atoms with E-state index in [0.717, 1.165) is 18.1 Å². The number of rotatable bonds is 0. The lowest BCUT2D eigenvalue weighted by Gasteiger charge is -2.16. The molecule has 1 aliphatic rings. The molecule has 0 aromatic carbocycles. The Morgan fingerprint density at radius 1 is 1.60 bits per heavy atom. The summed E-state index contributed by atoms with van der Waals surface area (Å²) in [5, 5.41) is 3.09. The highest BCUT2D eigenvalue weighted by Crippen LogP contribution is 2.21. The number of nitrogens with one attached hydrogen (secondary N) is 1. The minimum Gasteiger partial charge on any atom is -0.486 e. The number of fused-ring (bicyclic) bond motifs is 1. The van der Waals surface area contributed by atoms with Gasteiger partial charge in [-0.2, -0.15) is 0 Å². The van der Waals surface area contributed by atoms with Gasteiger partial charge in [-0.05, 0) is 0 Å². The maximum Gasteiger partial charge on any atom is 0.179 e. The first-order valence-corrected chi connectivity index (χ1v) is 3.13. The summed E-state index contributed by atoms with van der Waals surface area (Å²) in [6, 6.07) is 0. The summed E-state index contributed by atoms with van der Waals surface area (Å²) < 4.78 is 5.24. The minimum absolute atomic E-state index is 0.695. The van der Waals surface area contributed by atoms with Gasteiger partial charge in [0.2, 0.25) is 0 Å². The first-order valence-electron chi connectivity index (χ1n) is 3.13. The van der Waals surface area contributed by atoms with E-state index in [9.17, 15) is 0 Å². The van der Waals surface area contributed by atoms with Crippen LogP contribution in [-0.4, -0.2) is 23.1 Å². The van der Waals surface area contributed by atoms with Crippen molar-refractivity contribution >= 4 is 5.82 Å². The summed E-state index contributed by atoms with van der Waals surface area (Å²) in [4.78, 5) is 7.79. The van der Waals surface area contributed by atoms with Gasteiger partial charge < -0.3 is 10.1 Å². The van der Waals surface area contributed by atoms with E-state index in [2.05, 4.69) is 15.3 Å². The molecule has 1 aromatic heterocycles. The number of aromatic nitrogens is 2. The van der Waals surface area contributed by atoms with E-state index in [1.54, 1.807) is 6.20 Å². The fourth-order valence-corrected chi connectivity index (χ4v) is 0.886. The molecule has 0 aliphatic carbocycles. The van der Waals surface area contributed by atoms with Crippen LogP contribution in [0.1, 0.15) is 0 Å². The molecule has 4 nitrogen and oxygen atoms in total. The molecule has 0 atom stereocenters. The quantitative estimate of drug-likeness (QED) is 0.558. The van der Waals surface area contributed by atoms with Gasteiger partial charge in [-0.15, -0.1) is 0 Å². The molecule has 4 heteroatoms. The molecule has 52 valence electrons. The van der Waals surface area contributed by atoms with Crippen LogP contribution in [-0.2, 0) is 0 Å². The van der Waals surface area contributed by atoms with E-state index >= 15 is 0 Å². The molecule has 1 aliphatic heterocycles. The van der Waals surface area contributed by atoms with Crippen LogP contribution in [0.3, 0.4) is 0 Å². The van der Waals surface area contributed by atoms with Crippen molar-refractivity contribution in [3.05, 3.63) is 12.5 Å². The van der Waals surface area contributed by atoms with Crippen molar-refractivity contribution < 1.29 is 4.74 Å². The lowest BCUT2D eigenvalue weighted by Crippen LogP contribution is -2.18. The fraction of sp³-hybridized carbons (Fsp3) is 0.333. The summed E-state index contributed by atoms with van der Waals surface area (Å²) in [5.41, 5.74) is 0. The van der Waals surface area contributed by atoms with Gasteiger partial charge >= 0.3 is 0 Å². The predicted octanol–water partition coefficient (Wildman–Crippen LogP) is 0.281. The summed E-state index contributed by atoms with van der Waals surface area (Å²) in [5.74, 6) is 1.54. The van der Waals surface area contributed by atoms with Gasteiger partial charge in [0.05, 0.1) is 12.7 Å². The lowest BCUT2D eigenvalue weighted by atomic mass is 10.4. The van der Waals surface area contributed by atoms with Gasteiger partial charge in [0.15, 0.2) is 11.6 Å². The van der Waals surface area contributed by atoms with Crippen LogP contribution >= 0.6 is 0 Å². The largest absolute Gasteiger partial charge is 0.486 e. The maximum atomic E-state index is 5.24. The third-order valence-electron chi connectivity index (χ3n) is 1.33. The number of nitrogens with zero attached hydrogens (tertiary/aromatic N) is 2. The summed E-state index contributed by atoms with van der Waals surface area (Å²) in [6.45, 7) is 1.52. The molecule has 0 amide bonds. The predicted molar refractivity (Wildman–Crippen MR) is 36.0 cm³/mol. The van der Waals surface area contributed by atoms with Crippen LogP contribution in [0.2, 0.25) is 0 Å². The monoisotopic (exact) mass is 137 g/mol. The van der Waals surface area contributed by atoms with Crippen molar-refractivity contribution in [3.8, 4) is 5.75 Å². The Bertz CT molecular complexity index is 213. The Kier molecular flexibility index (Phi) is 1.16. The average molecular weight is 137 g/mol. The molecule has 0 unspecified atom stereocenters. The van der Waals surface area contributed by atoms with E-state index in [1.807, 2.05) is 0 Å². The molecule has 0 saturated heterocycles. The van der Waals surface area contributed by atoms with Crippen molar-refractivity contribution in [1.29, 1.82) is 0 Å². The highest BCUT2D eigenvalue weighted by atomic mass is 16.5. The molecular formula is C6H7N3O. The van der Waals surface area contributed by atoms with Crippen molar-refractivity contribution in [3.63, 3.8) is 0 Å². The van der Waals surface area contributed by atoms with Crippen molar-refractivity contribution in [2.24, 2.45) is 0 Å². The van der Waals surface area contributed by atoms with Gasteiger partial charge in [0.1, 0.15) is 12.9 Å². The molecule has 0 spiro atoms. The van der Waals surface area contributed by atoms with Gasteiger partial charge in [-0.25, -0.2) is 9.97 Å². The highest BCUT2D eigenvalue weighted by molar-refractivity contribution is 5.49. The van der Waals surface area contributed by atoms with Crippen molar-refractivity contribution in [1.82, 2.24) is 9.97 Å². The Morgan fingerprint density at radius 3 is 3.50 bits per heavy atom. The topological polar surface area (TPSA) is 47.0 Å². The third kappa shape index (κ3) is 0.775. The van der Waals surface area contributed by atoms with E-state index in [-0.39, 0.29) is 0 Å². The van der Waals surface area contributed by atoms with E-state index in [1.165, 1.54) is 6.33 Å².